The average molecular weight is 348 g/mol. The maximum atomic E-state index is 12.0. The van der Waals surface area contributed by atoms with Crippen molar-refractivity contribution in [3.05, 3.63) is 68.7 Å². The predicted octanol–water partition coefficient (Wildman–Crippen LogP) is 3.41. The molecule has 0 aliphatic rings. The molecule has 0 saturated carbocycles. The number of benzene rings is 2. The summed E-state index contributed by atoms with van der Waals surface area (Å²) in [5.41, 5.74) is 2.94. The van der Waals surface area contributed by atoms with E-state index in [1.165, 1.54) is 18.3 Å². The first-order valence-corrected chi connectivity index (χ1v) is 7.40. The Bertz CT molecular complexity index is 793. The normalized spacial score (nSPS) is 10.6. The molecule has 2 aromatic carbocycles. The lowest BCUT2D eigenvalue weighted by molar-refractivity contribution is -0.384. The molecule has 24 heavy (non-hydrogen) atoms. The standard InChI is InChI=1S/C16H14ClN3O4/c1-2-24-15-6-4-3-5-11(15)10-18-19-16(21)13-8-7-12(20(22)23)9-14(13)17/h3-10H,2H2,1H3,(H,19,21). The van der Waals surface area contributed by atoms with Gasteiger partial charge in [0, 0.05) is 17.7 Å². The Morgan fingerprint density at radius 2 is 2.12 bits per heavy atom. The number of hydrazone groups is 1. The van der Waals surface area contributed by atoms with Crippen LogP contribution in [0.4, 0.5) is 5.69 Å². The van der Waals surface area contributed by atoms with Crippen molar-refractivity contribution in [2.75, 3.05) is 6.61 Å². The molecule has 1 N–H and O–H groups in total. The highest BCUT2D eigenvalue weighted by Crippen LogP contribution is 2.22. The molecule has 124 valence electrons. The minimum Gasteiger partial charge on any atom is -0.493 e. The third kappa shape index (κ3) is 4.30. The van der Waals surface area contributed by atoms with E-state index < -0.39 is 10.8 Å². The summed E-state index contributed by atoms with van der Waals surface area (Å²) in [5, 5.41) is 14.5. The molecule has 2 aromatic rings. The number of amides is 1. The van der Waals surface area contributed by atoms with Crippen molar-refractivity contribution in [2.45, 2.75) is 6.92 Å². The van der Waals surface area contributed by atoms with Gasteiger partial charge in [0.25, 0.3) is 11.6 Å². The first-order valence-electron chi connectivity index (χ1n) is 7.02. The monoisotopic (exact) mass is 347 g/mol. The molecule has 0 heterocycles. The fourth-order valence-corrected chi connectivity index (χ4v) is 2.16. The van der Waals surface area contributed by atoms with Crippen LogP contribution in [0.3, 0.4) is 0 Å². The highest BCUT2D eigenvalue weighted by atomic mass is 35.5. The highest BCUT2D eigenvalue weighted by Gasteiger charge is 2.14. The van der Waals surface area contributed by atoms with E-state index in [1.807, 2.05) is 19.1 Å². The second kappa shape index (κ2) is 8.07. The molecule has 0 bridgehead atoms. The molecule has 0 aromatic heterocycles. The number of hydrogen-bond donors (Lipinski definition) is 1. The van der Waals surface area contributed by atoms with Crippen LogP contribution >= 0.6 is 11.6 Å². The molecule has 2 rings (SSSR count). The summed E-state index contributed by atoms with van der Waals surface area (Å²) in [5.74, 6) is 0.0754. The summed E-state index contributed by atoms with van der Waals surface area (Å²) >= 11 is 5.89. The van der Waals surface area contributed by atoms with Crippen molar-refractivity contribution >= 4 is 29.4 Å². The minimum absolute atomic E-state index is 0.0217. The van der Waals surface area contributed by atoms with E-state index in [4.69, 9.17) is 16.3 Å². The Hall–Kier alpha value is -2.93. The molecule has 8 heteroatoms. The van der Waals surface area contributed by atoms with Gasteiger partial charge in [0.2, 0.25) is 0 Å². The van der Waals surface area contributed by atoms with E-state index in [2.05, 4.69) is 10.5 Å². The maximum Gasteiger partial charge on any atom is 0.272 e. The van der Waals surface area contributed by atoms with Crippen LogP contribution < -0.4 is 10.2 Å². The van der Waals surface area contributed by atoms with E-state index in [-0.39, 0.29) is 16.3 Å². The fourth-order valence-electron chi connectivity index (χ4n) is 1.90. The molecule has 0 unspecified atom stereocenters. The zero-order valence-electron chi connectivity index (χ0n) is 12.7. The van der Waals surface area contributed by atoms with E-state index >= 15 is 0 Å². The van der Waals surface area contributed by atoms with Crippen molar-refractivity contribution in [3.63, 3.8) is 0 Å². The largest absolute Gasteiger partial charge is 0.493 e. The molecular formula is C16H14ClN3O4. The fraction of sp³-hybridized carbons (Fsp3) is 0.125. The highest BCUT2D eigenvalue weighted by molar-refractivity contribution is 6.34. The van der Waals surface area contributed by atoms with Gasteiger partial charge in [-0.3, -0.25) is 14.9 Å². The molecule has 7 nitrogen and oxygen atoms in total. The van der Waals surface area contributed by atoms with E-state index in [0.717, 1.165) is 6.07 Å². The lowest BCUT2D eigenvalue weighted by Gasteiger charge is -2.06. The maximum absolute atomic E-state index is 12.0. The van der Waals surface area contributed by atoms with Crippen LogP contribution in [0.1, 0.15) is 22.8 Å². The lowest BCUT2D eigenvalue weighted by atomic mass is 10.2. The van der Waals surface area contributed by atoms with Crippen LogP contribution in [0, 0.1) is 10.1 Å². The molecule has 0 radical (unpaired) electrons. The van der Waals surface area contributed by atoms with Gasteiger partial charge in [-0.1, -0.05) is 23.7 Å². The second-order valence-corrected chi connectivity index (χ2v) is 5.00. The van der Waals surface area contributed by atoms with Crippen LogP contribution in [-0.4, -0.2) is 23.7 Å². The van der Waals surface area contributed by atoms with Crippen molar-refractivity contribution < 1.29 is 14.5 Å². The quantitative estimate of drug-likeness (QED) is 0.492. The van der Waals surface area contributed by atoms with E-state index in [9.17, 15) is 14.9 Å². The molecular weight excluding hydrogens is 334 g/mol. The van der Waals surface area contributed by atoms with Crippen LogP contribution in [0.2, 0.25) is 5.02 Å². The number of hydrogen-bond acceptors (Lipinski definition) is 5. The molecule has 0 aliphatic heterocycles. The van der Waals surface area contributed by atoms with Gasteiger partial charge in [0.05, 0.1) is 28.3 Å². The Kier molecular flexibility index (Phi) is 5.86. The Morgan fingerprint density at radius 3 is 2.79 bits per heavy atom. The molecule has 0 saturated heterocycles. The Morgan fingerprint density at radius 1 is 1.38 bits per heavy atom. The van der Waals surface area contributed by atoms with Gasteiger partial charge in [0.1, 0.15) is 5.75 Å². The number of nitrogens with one attached hydrogen (secondary N) is 1. The van der Waals surface area contributed by atoms with Crippen molar-refractivity contribution in [1.29, 1.82) is 0 Å². The second-order valence-electron chi connectivity index (χ2n) is 4.59. The van der Waals surface area contributed by atoms with Gasteiger partial charge in [0.15, 0.2) is 0 Å². The molecule has 0 atom stereocenters. The number of ether oxygens (including phenoxy) is 1. The number of nitro benzene ring substituents is 1. The van der Waals surface area contributed by atoms with Crippen molar-refractivity contribution in [1.82, 2.24) is 5.43 Å². The number of carbonyl (C=O) groups is 1. The van der Waals surface area contributed by atoms with Gasteiger partial charge in [-0.05, 0) is 25.1 Å². The Labute approximate surface area is 143 Å². The number of rotatable bonds is 6. The van der Waals surface area contributed by atoms with Crippen molar-refractivity contribution in [3.8, 4) is 5.75 Å². The third-order valence-electron chi connectivity index (χ3n) is 3.00. The SMILES string of the molecule is CCOc1ccccc1C=NNC(=O)c1ccc([N+](=O)[O-])cc1Cl. The van der Waals surface area contributed by atoms with Crippen LogP contribution in [0.15, 0.2) is 47.6 Å². The smallest absolute Gasteiger partial charge is 0.272 e. The number of non-ortho nitro benzene ring substituents is 1. The topological polar surface area (TPSA) is 93.8 Å². The summed E-state index contributed by atoms with van der Waals surface area (Å²) in [4.78, 5) is 22.1. The summed E-state index contributed by atoms with van der Waals surface area (Å²) in [6, 6.07) is 10.8. The molecule has 0 spiro atoms. The number of carbonyl (C=O) groups excluding carboxylic acids is 1. The zero-order valence-corrected chi connectivity index (χ0v) is 13.5. The zero-order chi connectivity index (χ0) is 17.5. The number of para-hydroxylation sites is 1. The van der Waals surface area contributed by atoms with E-state index in [1.54, 1.807) is 12.1 Å². The van der Waals surface area contributed by atoms with Crippen LogP contribution in [0.25, 0.3) is 0 Å². The van der Waals surface area contributed by atoms with Gasteiger partial charge in [-0.25, -0.2) is 5.43 Å². The summed E-state index contributed by atoms with van der Waals surface area (Å²) < 4.78 is 5.44. The number of nitrogens with zero attached hydrogens (tertiary/aromatic N) is 2. The molecule has 1 amide bonds. The van der Waals surface area contributed by atoms with E-state index in [0.29, 0.717) is 17.9 Å². The van der Waals surface area contributed by atoms with Gasteiger partial charge in [-0.2, -0.15) is 5.10 Å². The predicted molar refractivity (Wildman–Crippen MR) is 90.8 cm³/mol. The molecule has 0 fully saturated rings. The summed E-state index contributed by atoms with van der Waals surface area (Å²) in [6.45, 7) is 2.38. The first-order chi connectivity index (χ1) is 11.5. The lowest BCUT2D eigenvalue weighted by Crippen LogP contribution is -2.18. The first kappa shape index (κ1) is 17.4. The van der Waals surface area contributed by atoms with Gasteiger partial charge < -0.3 is 4.74 Å². The van der Waals surface area contributed by atoms with Crippen LogP contribution in [-0.2, 0) is 0 Å². The number of nitro groups is 1. The average Bonchev–Trinajstić information content (AvgIpc) is 2.56. The summed E-state index contributed by atoms with van der Waals surface area (Å²) in [6.07, 6.45) is 1.45. The Balaban J connectivity index is 2.09. The van der Waals surface area contributed by atoms with Gasteiger partial charge >= 0.3 is 0 Å². The van der Waals surface area contributed by atoms with Crippen LogP contribution in [0.5, 0.6) is 5.75 Å². The van der Waals surface area contributed by atoms with Crippen molar-refractivity contribution in [2.24, 2.45) is 5.10 Å². The molecule has 0 aliphatic carbocycles. The third-order valence-corrected chi connectivity index (χ3v) is 3.31. The van der Waals surface area contributed by atoms with Gasteiger partial charge in [-0.15, -0.1) is 0 Å². The number of halogens is 1. The minimum atomic E-state index is -0.587. The summed E-state index contributed by atoms with van der Waals surface area (Å²) in [7, 11) is 0.